The smallest absolute Gasteiger partial charge is 0.130 e. The first-order chi connectivity index (χ1) is 10.1. The van der Waals surface area contributed by atoms with Gasteiger partial charge in [0, 0.05) is 0 Å². The molecule has 2 aromatic rings. The Morgan fingerprint density at radius 3 is 2.62 bits per heavy atom. The molecule has 0 fully saturated rings. The maximum Gasteiger partial charge on any atom is 0.130 e. The van der Waals surface area contributed by atoms with Crippen molar-refractivity contribution in [2.75, 3.05) is 6.54 Å². The van der Waals surface area contributed by atoms with E-state index in [1.54, 1.807) is 0 Å². The third-order valence-electron chi connectivity index (χ3n) is 3.27. The predicted octanol–water partition coefficient (Wildman–Crippen LogP) is 4.05. The Labute approximate surface area is 127 Å². The van der Waals surface area contributed by atoms with Gasteiger partial charge in [0.2, 0.25) is 0 Å². The summed E-state index contributed by atoms with van der Waals surface area (Å²) in [7, 11) is 0. The second-order valence-corrected chi connectivity index (χ2v) is 5.82. The Bertz CT molecular complexity index is 531. The van der Waals surface area contributed by atoms with Crippen molar-refractivity contribution in [3.05, 3.63) is 59.0 Å². The fourth-order valence-electron chi connectivity index (χ4n) is 2.15. The molecular weight excluding hydrogens is 262 g/mol. The molecule has 0 radical (unpaired) electrons. The minimum Gasteiger partial charge on any atom is -0.462 e. The van der Waals surface area contributed by atoms with Gasteiger partial charge in [0.15, 0.2) is 0 Å². The summed E-state index contributed by atoms with van der Waals surface area (Å²) in [5.74, 6) is 2.55. The van der Waals surface area contributed by atoms with E-state index in [1.165, 1.54) is 11.1 Å². The Morgan fingerprint density at radius 2 is 1.90 bits per heavy atom. The third-order valence-corrected chi connectivity index (χ3v) is 3.27. The number of hydrogen-bond acceptors (Lipinski definition) is 3. The van der Waals surface area contributed by atoms with E-state index in [2.05, 4.69) is 44.3 Å². The van der Waals surface area contributed by atoms with E-state index in [0.29, 0.717) is 19.1 Å². The lowest BCUT2D eigenvalue weighted by molar-refractivity contribution is 0.0920. The maximum absolute atomic E-state index is 5.85. The zero-order valence-electron chi connectivity index (χ0n) is 13.2. The van der Waals surface area contributed by atoms with Gasteiger partial charge in [0.1, 0.15) is 18.1 Å². The first-order valence-corrected chi connectivity index (χ1v) is 7.55. The van der Waals surface area contributed by atoms with Crippen molar-refractivity contribution in [2.45, 2.75) is 40.5 Å². The van der Waals surface area contributed by atoms with E-state index in [0.717, 1.165) is 24.6 Å². The van der Waals surface area contributed by atoms with Gasteiger partial charge in [-0.05, 0) is 36.6 Å². The molecule has 114 valence electrons. The summed E-state index contributed by atoms with van der Waals surface area (Å²) in [5, 5.41) is 3.40. The summed E-state index contributed by atoms with van der Waals surface area (Å²) in [6.45, 7) is 9.39. The van der Waals surface area contributed by atoms with Crippen LogP contribution in [0.5, 0.6) is 0 Å². The zero-order chi connectivity index (χ0) is 15.1. The van der Waals surface area contributed by atoms with Crippen molar-refractivity contribution in [1.29, 1.82) is 0 Å². The molecule has 0 aliphatic heterocycles. The molecule has 1 aromatic carbocycles. The minimum absolute atomic E-state index is 0.514. The molecule has 0 aliphatic carbocycles. The highest BCUT2D eigenvalue weighted by atomic mass is 16.5. The molecule has 0 aliphatic rings. The summed E-state index contributed by atoms with van der Waals surface area (Å²) in [5.41, 5.74) is 2.36. The number of hydrogen-bond donors (Lipinski definition) is 1. The van der Waals surface area contributed by atoms with Crippen molar-refractivity contribution in [3.8, 4) is 0 Å². The van der Waals surface area contributed by atoms with Crippen molar-refractivity contribution >= 4 is 0 Å². The zero-order valence-corrected chi connectivity index (χ0v) is 13.2. The van der Waals surface area contributed by atoms with Gasteiger partial charge in [0.25, 0.3) is 0 Å². The number of furan rings is 1. The van der Waals surface area contributed by atoms with E-state index < -0.39 is 0 Å². The normalized spacial score (nSPS) is 11.2. The molecule has 1 aromatic heterocycles. The molecule has 1 N–H and O–H groups in total. The Hall–Kier alpha value is -1.58. The van der Waals surface area contributed by atoms with Crippen LogP contribution in [0.25, 0.3) is 0 Å². The van der Waals surface area contributed by atoms with Gasteiger partial charge in [-0.2, -0.15) is 0 Å². The third kappa shape index (κ3) is 5.37. The lowest BCUT2D eigenvalue weighted by Gasteiger charge is -2.06. The molecule has 3 nitrogen and oxygen atoms in total. The van der Waals surface area contributed by atoms with Gasteiger partial charge in [-0.15, -0.1) is 0 Å². The average Bonchev–Trinajstić information content (AvgIpc) is 2.80. The summed E-state index contributed by atoms with van der Waals surface area (Å²) in [6.07, 6.45) is 0. The van der Waals surface area contributed by atoms with Gasteiger partial charge < -0.3 is 14.5 Å². The van der Waals surface area contributed by atoms with Crippen LogP contribution in [0.15, 0.2) is 40.8 Å². The fraction of sp³-hybridized carbons (Fsp3) is 0.444. The van der Waals surface area contributed by atoms with Crippen LogP contribution in [-0.2, 0) is 24.5 Å². The summed E-state index contributed by atoms with van der Waals surface area (Å²) in [6, 6.07) is 12.2. The van der Waals surface area contributed by atoms with E-state index in [9.17, 15) is 0 Å². The van der Waals surface area contributed by atoms with Gasteiger partial charge in [-0.3, -0.25) is 0 Å². The minimum atomic E-state index is 0.514. The number of ether oxygens (including phenoxy) is 1. The molecule has 3 heteroatoms. The van der Waals surface area contributed by atoms with E-state index >= 15 is 0 Å². The largest absolute Gasteiger partial charge is 0.462 e. The van der Waals surface area contributed by atoms with E-state index in [1.807, 2.05) is 18.2 Å². The van der Waals surface area contributed by atoms with E-state index in [4.69, 9.17) is 9.15 Å². The van der Waals surface area contributed by atoms with Gasteiger partial charge in [0.05, 0.1) is 13.2 Å². The predicted molar refractivity (Wildman–Crippen MR) is 84.9 cm³/mol. The lowest BCUT2D eigenvalue weighted by atomic mass is 10.2. The highest BCUT2D eigenvalue weighted by molar-refractivity contribution is 5.19. The lowest BCUT2D eigenvalue weighted by Crippen LogP contribution is -2.18. The highest BCUT2D eigenvalue weighted by Crippen LogP contribution is 2.16. The van der Waals surface area contributed by atoms with Crippen LogP contribution in [0.1, 0.15) is 36.5 Å². The standard InChI is InChI=1S/C18H25NO2/c1-14(2)10-19-11-18-15(3)9-17(21-18)13-20-12-16-7-5-4-6-8-16/h4-9,14,19H,10-13H2,1-3H3. The fourth-order valence-corrected chi connectivity index (χ4v) is 2.15. The van der Waals surface area contributed by atoms with Crippen LogP contribution in [0.4, 0.5) is 0 Å². The molecule has 1 heterocycles. The maximum atomic E-state index is 5.85. The second kappa shape index (κ2) is 8.01. The van der Waals surface area contributed by atoms with Crippen molar-refractivity contribution in [3.63, 3.8) is 0 Å². The molecule has 0 bridgehead atoms. The molecule has 2 rings (SSSR count). The Morgan fingerprint density at radius 1 is 1.14 bits per heavy atom. The molecule has 0 unspecified atom stereocenters. The SMILES string of the molecule is Cc1cc(COCc2ccccc2)oc1CNCC(C)C. The topological polar surface area (TPSA) is 34.4 Å². The molecule has 0 amide bonds. The van der Waals surface area contributed by atoms with Gasteiger partial charge in [-0.25, -0.2) is 0 Å². The van der Waals surface area contributed by atoms with Crippen LogP contribution >= 0.6 is 0 Å². The monoisotopic (exact) mass is 287 g/mol. The number of benzene rings is 1. The quantitative estimate of drug-likeness (QED) is 0.795. The Kier molecular flexibility index (Phi) is 6.03. The first kappa shape index (κ1) is 15.8. The summed E-state index contributed by atoms with van der Waals surface area (Å²) < 4.78 is 11.5. The molecule has 21 heavy (non-hydrogen) atoms. The first-order valence-electron chi connectivity index (χ1n) is 7.55. The molecule has 0 spiro atoms. The van der Waals surface area contributed by atoms with Crippen LogP contribution < -0.4 is 5.32 Å². The average molecular weight is 287 g/mol. The van der Waals surface area contributed by atoms with Crippen molar-refractivity contribution < 1.29 is 9.15 Å². The number of aryl methyl sites for hydroxylation is 1. The van der Waals surface area contributed by atoms with Crippen LogP contribution in [0, 0.1) is 12.8 Å². The van der Waals surface area contributed by atoms with Crippen LogP contribution in [-0.4, -0.2) is 6.54 Å². The van der Waals surface area contributed by atoms with Gasteiger partial charge in [-0.1, -0.05) is 44.2 Å². The second-order valence-electron chi connectivity index (χ2n) is 5.82. The van der Waals surface area contributed by atoms with Crippen LogP contribution in [0.3, 0.4) is 0 Å². The van der Waals surface area contributed by atoms with Crippen molar-refractivity contribution in [1.82, 2.24) is 5.32 Å². The number of rotatable bonds is 8. The number of nitrogens with one attached hydrogen (secondary N) is 1. The molecule has 0 saturated heterocycles. The molecule has 0 saturated carbocycles. The van der Waals surface area contributed by atoms with E-state index in [-0.39, 0.29) is 0 Å². The summed E-state index contributed by atoms with van der Waals surface area (Å²) >= 11 is 0. The van der Waals surface area contributed by atoms with Crippen molar-refractivity contribution in [2.24, 2.45) is 5.92 Å². The Balaban J connectivity index is 1.79. The highest BCUT2D eigenvalue weighted by Gasteiger charge is 2.08. The van der Waals surface area contributed by atoms with Crippen LogP contribution in [0.2, 0.25) is 0 Å². The summed E-state index contributed by atoms with van der Waals surface area (Å²) in [4.78, 5) is 0. The molecular formula is C18H25NO2. The van der Waals surface area contributed by atoms with Gasteiger partial charge >= 0.3 is 0 Å². The molecule has 0 atom stereocenters.